The third-order valence-electron chi connectivity index (χ3n) is 4.51. The highest BCUT2D eigenvalue weighted by Gasteiger charge is 2.14. The summed E-state index contributed by atoms with van der Waals surface area (Å²) in [4.78, 5) is 23.2. The van der Waals surface area contributed by atoms with Crippen molar-refractivity contribution >= 4 is 23.9 Å². The SMILES string of the molecule is COC(=O)/C(=C/c1cc(OC)cc(OC)c1)c1ccc(Oc2ccc(C=O)cc2)cc1. The Kier molecular flexibility index (Phi) is 7.06. The van der Waals surface area contributed by atoms with Crippen LogP contribution in [0.5, 0.6) is 23.0 Å². The van der Waals surface area contributed by atoms with E-state index in [0.717, 1.165) is 11.8 Å². The minimum absolute atomic E-state index is 0.375. The number of carbonyl (C=O) groups excluding carboxylic acids is 2. The molecule has 0 heterocycles. The van der Waals surface area contributed by atoms with Gasteiger partial charge < -0.3 is 18.9 Å². The number of aldehydes is 1. The molecule has 6 heteroatoms. The van der Waals surface area contributed by atoms with Crippen molar-refractivity contribution in [2.75, 3.05) is 21.3 Å². The highest BCUT2D eigenvalue weighted by Crippen LogP contribution is 2.28. The largest absolute Gasteiger partial charge is 0.497 e. The van der Waals surface area contributed by atoms with E-state index in [9.17, 15) is 9.59 Å². The van der Waals surface area contributed by atoms with Gasteiger partial charge in [0.1, 0.15) is 29.3 Å². The summed E-state index contributed by atoms with van der Waals surface area (Å²) < 4.78 is 21.4. The lowest BCUT2D eigenvalue weighted by Gasteiger charge is -2.10. The number of ether oxygens (including phenoxy) is 4. The van der Waals surface area contributed by atoms with Gasteiger partial charge in [-0.2, -0.15) is 0 Å². The van der Waals surface area contributed by atoms with Gasteiger partial charge in [0.15, 0.2) is 0 Å². The molecule has 6 nitrogen and oxygen atoms in total. The fourth-order valence-corrected chi connectivity index (χ4v) is 2.90. The van der Waals surface area contributed by atoms with E-state index in [1.807, 2.05) is 0 Å². The predicted molar refractivity (Wildman–Crippen MR) is 118 cm³/mol. The fourth-order valence-electron chi connectivity index (χ4n) is 2.90. The summed E-state index contributed by atoms with van der Waals surface area (Å²) in [6.45, 7) is 0. The smallest absolute Gasteiger partial charge is 0.338 e. The molecule has 3 aromatic carbocycles. The number of methoxy groups -OCH3 is 3. The van der Waals surface area contributed by atoms with E-state index in [1.54, 1.807) is 87.0 Å². The fraction of sp³-hybridized carbons (Fsp3) is 0.120. The lowest BCUT2D eigenvalue weighted by Crippen LogP contribution is -2.04. The van der Waals surface area contributed by atoms with Crippen LogP contribution in [0.15, 0.2) is 66.7 Å². The second-order valence-corrected chi connectivity index (χ2v) is 6.51. The zero-order valence-electron chi connectivity index (χ0n) is 17.5. The Balaban J connectivity index is 1.90. The minimum Gasteiger partial charge on any atom is -0.497 e. The second kappa shape index (κ2) is 10.1. The van der Waals surface area contributed by atoms with Gasteiger partial charge in [-0.3, -0.25) is 4.79 Å². The number of hydrogen-bond acceptors (Lipinski definition) is 6. The van der Waals surface area contributed by atoms with Crippen molar-refractivity contribution in [3.63, 3.8) is 0 Å². The number of carbonyl (C=O) groups is 2. The number of esters is 1. The molecular formula is C25H22O6. The standard InChI is InChI=1S/C25H22O6/c1-28-22-12-18(13-23(15-22)29-2)14-24(25(27)30-3)19-6-10-21(11-7-19)31-20-8-4-17(16-26)5-9-20/h4-16H,1-3H3/b24-14+. The summed E-state index contributed by atoms with van der Waals surface area (Å²) in [7, 11) is 4.46. The summed E-state index contributed by atoms with van der Waals surface area (Å²) in [5.74, 6) is 1.94. The van der Waals surface area contributed by atoms with E-state index >= 15 is 0 Å². The molecule has 0 unspecified atom stereocenters. The molecule has 0 saturated heterocycles. The number of rotatable bonds is 8. The van der Waals surface area contributed by atoms with E-state index in [-0.39, 0.29) is 0 Å². The van der Waals surface area contributed by atoms with Crippen LogP contribution in [-0.2, 0) is 9.53 Å². The Morgan fingerprint density at radius 3 is 1.74 bits per heavy atom. The molecule has 0 spiro atoms. The molecule has 0 aliphatic carbocycles. The minimum atomic E-state index is -0.472. The van der Waals surface area contributed by atoms with Crippen LogP contribution >= 0.6 is 0 Å². The normalized spacial score (nSPS) is 10.9. The van der Waals surface area contributed by atoms with E-state index < -0.39 is 5.97 Å². The van der Waals surface area contributed by atoms with E-state index in [1.165, 1.54) is 7.11 Å². The molecule has 0 bridgehead atoms. The summed E-state index contributed by atoms with van der Waals surface area (Å²) in [6, 6.07) is 19.2. The Hall–Kier alpha value is -4.06. The van der Waals surface area contributed by atoms with Gasteiger partial charge in [-0.1, -0.05) is 12.1 Å². The first-order chi connectivity index (χ1) is 15.1. The molecule has 0 aliphatic rings. The Bertz CT molecular complexity index is 1060. The zero-order chi connectivity index (χ0) is 22.2. The highest BCUT2D eigenvalue weighted by molar-refractivity contribution is 6.21. The van der Waals surface area contributed by atoms with E-state index in [4.69, 9.17) is 18.9 Å². The maximum absolute atomic E-state index is 12.4. The lowest BCUT2D eigenvalue weighted by molar-refractivity contribution is -0.133. The molecular weight excluding hydrogens is 396 g/mol. The Morgan fingerprint density at radius 1 is 0.710 bits per heavy atom. The average Bonchev–Trinajstić information content (AvgIpc) is 2.82. The van der Waals surface area contributed by atoms with Gasteiger partial charge in [0.25, 0.3) is 0 Å². The zero-order valence-corrected chi connectivity index (χ0v) is 17.5. The maximum atomic E-state index is 12.4. The average molecular weight is 418 g/mol. The van der Waals surface area contributed by atoms with Crippen molar-refractivity contribution in [1.29, 1.82) is 0 Å². The van der Waals surface area contributed by atoms with Crippen molar-refractivity contribution in [2.24, 2.45) is 0 Å². The summed E-state index contributed by atoms with van der Waals surface area (Å²) in [5, 5.41) is 0. The van der Waals surface area contributed by atoms with Crippen LogP contribution in [0.1, 0.15) is 21.5 Å². The molecule has 0 radical (unpaired) electrons. The van der Waals surface area contributed by atoms with Gasteiger partial charge in [-0.25, -0.2) is 4.79 Å². The van der Waals surface area contributed by atoms with Crippen molar-refractivity contribution < 1.29 is 28.5 Å². The highest BCUT2D eigenvalue weighted by atomic mass is 16.5. The third kappa shape index (κ3) is 5.51. The molecule has 0 atom stereocenters. The van der Waals surface area contributed by atoms with E-state index in [2.05, 4.69) is 0 Å². The predicted octanol–water partition coefficient (Wildman–Crippen LogP) is 5.02. The Morgan fingerprint density at radius 2 is 1.26 bits per heavy atom. The molecule has 0 saturated carbocycles. The van der Waals surface area contributed by atoms with Crippen molar-refractivity contribution in [3.05, 3.63) is 83.4 Å². The Labute approximate surface area is 180 Å². The van der Waals surface area contributed by atoms with Crippen LogP contribution < -0.4 is 14.2 Å². The van der Waals surface area contributed by atoms with Crippen molar-refractivity contribution in [3.8, 4) is 23.0 Å². The lowest BCUT2D eigenvalue weighted by atomic mass is 10.0. The molecule has 0 N–H and O–H groups in total. The molecule has 0 aromatic heterocycles. The maximum Gasteiger partial charge on any atom is 0.338 e. The summed E-state index contributed by atoms with van der Waals surface area (Å²) in [5.41, 5.74) is 2.34. The van der Waals surface area contributed by atoms with Crippen LogP contribution in [0.2, 0.25) is 0 Å². The molecule has 0 fully saturated rings. The quantitative estimate of drug-likeness (QED) is 0.221. The molecule has 158 valence electrons. The van der Waals surface area contributed by atoms with Crippen LogP contribution in [0, 0.1) is 0 Å². The van der Waals surface area contributed by atoms with Gasteiger partial charge in [0.2, 0.25) is 0 Å². The number of benzene rings is 3. The molecule has 31 heavy (non-hydrogen) atoms. The van der Waals surface area contributed by atoms with Gasteiger partial charge in [-0.05, 0) is 65.7 Å². The first-order valence-corrected chi connectivity index (χ1v) is 9.43. The molecule has 0 aliphatic heterocycles. The van der Waals surface area contributed by atoms with Crippen molar-refractivity contribution in [2.45, 2.75) is 0 Å². The first kappa shape index (κ1) is 21.6. The third-order valence-corrected chi connectivity index (χ3v) is 4.51. The van der Waals surface area contributed by atoms with Crippen LogP contribution in [0.3, 0.4) is 0 Å². The van der Waals surface area contributed by atoms with Gasteiger partial charge in [-0.15, -0.1) is 0 Å². The van der Waals surface area contributed by atoms with Crippen molar-refractivity contribution in [1.82, 2.24) is 0 Å². The van der Waals surface area contributed by atoms with Crippen LogP contribution in [-0.4, -0.2) is 33.6 Å². The number of hydrogen-bond donors (Lipinski definition) is 0. The van der Waals surface area contributed by atoms with Gasteiger partial charge in [0, 0.05) is 11.6 Å². The van der Waals surface area contributed by atoms with Crippen LogP contribution in [0.25, 0.3) is 11.6 Å². The van der Waals surface area contributed by atoms with Gasteiger partial charge >= 0.3 is 5.97 Å². The second-order valence-electron chi connectivity index (χ2n) is 6.51. The van der Waals surface area contributed by atoms with Gasteiger partial charge in [0.05, 0.1) is 26.9 Å². The summed E-state index contributed by atoms with van der Waals surface area (Å²) >= 11 is 0. The van der Waals surface area contributed by atoms with E-state index in [0.29, 0.717) is 39.7 Å². The summed E-state index contributed by atoms with van der Waals surface area (Å²) in [6.07, 6.45) is 2.49. The molecule has 0 amide bonds. The monoisotopic (exact) mass is 418 g/mol. The topological polar surface area (TPSA) is 71.1 Å². The first-order valence-electron chi connectivity index (χ1n) is 9.43. The molecule has 3 aromatic rings. The van der Waals surface area contributed by atoms with Crippen LogP contribution in [0.4, 0.5) is 0 Å². The molecule has 3 rings (SSSR count).